The van der Waals surface area contributed by atoms with Crippen molar-refractivity contribution in [2.24, 2.45) is 5.41 Å². The molecule has 0 saturated carbocycles. The summed E-state index contributed by atoms with van der Waals surface area (Å²) in [5.41, 5.74) is 2.40. The van der Waals surface area contributed by atoms with Gasteiger partial charge < -0.3 is 10.4 Å². The molecule has 0 aliphatic carbocycles. The number of rotatable bonds is 4. The molecule has 0 radical (unpaired) electrons. The molecule has 3 heteroatoms. The van der Waals surface area contributed by atoms with Crippen molar-refractivity contribution >= 4 is 5.91 Å². The van der Waals surface area contributed by atoms with Gasteiger partial charge in [0.25, 0.3) is 5.91 Å². The monoisotopic (exact) mass is 273 g/mol. The molecule has 0 heterocycles. The third-order valence-electron chi connectivity index (χ3n) is 3.48. The van der Waals surface area contributed by atoms with Gasteiger partial charge in [-0.25, -0.2) is 0 Å². The van der Waals surface area contributed by atoms with Crippen molar-refractivity contribution in [1.29, 1.82) is 0 Å². The molecule has 20 heavy (non-hydrogen) atoms. The molecule has 0 aliphatic heterocycles. The van der Waals surface area contributed by atoms with E-state index >= 15 is 0 Å². The molecule has 3 nitrogen and oxygen atoms in total. The van der Waals surface area contributed by atoms with E-state index in [1.165, 1.54) is 0 Å². The summed E-state index contributed by atoms with van der Waals surface area (Å²) in [5.74, 6) is 5.34. The summed E-state index contributed by atoms with van der Waals surface area (Å²) in [6.07, 6.45) is 1.01. The number of nitrogens with one attached hydrogen (secondary N) is 1. The second kappa shape index (κ2) is 7.12. The SMILES string of the molecule is CCC(C)(C)CNC(=O)c1cc(C#CCO)ccc1C. The third-order valence-corrected chi connectivity index (χ3v) is 3.48. The fourth-order valence-electron chi connectivity index (χ4n) is 1.63. The Morgan fingerprint density at radius 2 is 2.10 bits per heavy atom. The van der Waals surface area contributed by atoms with Crippen LogP contribution in [0.3, 0.4) is 0 Å². The number of carbonyl (C=O) groups excluding carboxylic acids is 1. The Kier molecular flexibility index (Phi) is 5.79. The minimum atomic E-state index is -0.180. The van der Waals surface area contributed by atoms with Gasteiger partial charge in [-0.05, 0) is 36.5 Å². The highest BCUT2D eigenvalue weighted by atomic mass is 16.2. The van der Waals surface area contributed by atoms with E-state index in [1.807, 2.05) is 19.1 Å². The second-order valence-electron chi connectivity index (χ2n) is 5.69. The molecular weight excluding hydrogens is 250 g/mol. The van der Waals surface area contributed by atoms with E-state index in [0.29, 0.717) is 12.1 Å². The molecule has 0 aromatic heterocycles. The molecule has 1 aromatic rings. The number of carbonyl (C=O) groups is 1. The number of amides is 1. The van der Waals surface area contributed by atoms with Crippen LogP contribution < -0.4 is 5.32 Å². The maximum Gasteiger partial charge on any atom is 0.251 e. The molecule has 0 bridgehead atoms. The minimum absolute atomic E-state index is 0.0725. The van der Waals surface area contributed by atoms with Crippen LogP contribution in [0.2, 0.25) is 0 Å². The van der Waals surface area contributed by atoms with E-state index in [4.69, 9.17) is 5.11 Å². The van der Waals surface area contributed by atoms with Crippen LogP contribution in [0.1, 0.15) is 48.7 Å². The fourth-order valence-corrected chi connectivity index (χ4v) is 1.63. The van der Waals surface area contributed by atoms with Crippen LogP contribution >= 0.6 is 0 Å². The predicted octanol–water partition coefficient (Wildman–Crippen LogP) is 2.50. The third kappa shape index (κ3) is 4.71. The van der Waals surface area contributed by atoms with E-state index in [-0.39, 0.29) is 17.9 Å². The quantitative estimate of drug-likeness (QED) is 0.828. The highest BCUT2D eigenvalue weighted by Gasteiger charge is 2.17. The van der Waals surface area contributed by atoms with E-state index in [2.05, 4.69) is 37.9 Å². The largest absolute Gasteiger partial charge is 0.384 e. The Labute approximate surface area is 121 Å². The Hall–Kier alpha value is -1.79. The molecule has 0 aliphatic rings. The number of aryl methyl sites for hydroxylation is 1. The van der Waals surface area contributed by atoms with Crippen LogP contribution in [0.15, 0.2) is 18.2 Å². The Bertz CT molecular complexity index is 536. The number of hydrogen-bond donors (Lipinski definition) is 2. The van der Waals surface area contributed by atoms with Gasteiger partial charge in [-0.3, -0.25) is 4.79 Å². The molecule has 0 unspecified atom stereocenters. The van der Waals surface area contributed by atoms with Crippen LogP contribution in [0.25, 0.3) is 0 Å². The molecule has 1 rings (SSSR count). The smallest absolute Gasteiger partial charge is 0.251 e. The van der Waals surface area contributed by atoms with Crippen LogP contribution in [0.4, 0.5) is 0 Å². The number of hydrogen-bond acceptors (Lipinski definition) is 2. The van der Waals surface area contributed by atoms with Crippen molar-refractivity contribution in [3.63, 3.8) is 0 Å². The summed E-state index contributed by atoms with van der Waals surface area (Å²) >= 11 is 0. The number of aliphatic hydroxyl groups is 1. The van der Waals surface area contributed by atoms with E-state index in [0.717, 1.165) is 17.5 Å². The van der Waals surface area contributed by atoms with Crippen LogP contribution in [-0.4, -0.2) is 24.2 Å². The van der Waals surface area contributed by atoms with E-state index in [9.17, 15) is 4.79 Å². The van der Waals surface area contributed by atoms with Crippen molar-refractivity contribution in [3.8, 4) is 11.8 Å². The van der Waals surface area contributed by atoms with Gasteiger partial charge in [-0.2, -0.15) is 0 Å². The minimum Gasteiger partial charge on any atom is -0.384 e. The van der Waals surface area contributed by atoms with Gasteiger partial charge in [0, 0.05) is 17.7 Å². The topological polar surface area (TPSA) is 49.3 Å². The lowest BCUT2D eigenvalue weighted by atomic mass is 9.90. The summed E-state index contributed by atoms with van der Waals surface area (Å²) in [5, 5.41) is 11.7. The Balaban J connectivity index is 2.87. The van der Waals surface area contributed by atoms with Crippen molar-refractivity contribution in [1.82, 2.24) is 5.32 Å². The first-order chi connectivity index (χ1) is 9.39. The Morgan fingerprint density at radius 1 is 1.40 bits per heavy atom. The first-order valence-corrected chi connectivity index (χ1v) is 6.88. The molecule has 108 valence electrons. The average molecular weight is 273 g/mol. The molecule has 0 spiro atoms. The van der Waals surface area contributed by atoms with E-state index in [1.54, 1.807) is 6.07 Å². The normalized spacial score (nSPS) is 10.7. The number of aliphatic hydroxyl groups excluding tert-OH is 1. The standard InChI is InChI=1S/C17H23NO2/c1-5-17(3,4)12-18-16(20)15-11-14(7-6-10-19)9-8-13(15)2/h8-9,11,19H,5,10,12H2,1-4H3,(H,18,20). The maximum absolute atomic E-state index is 12.2. The summed E-state index contributed by atoms with van der Waals surface area (Å²) in [6, 6.07) is 5.50. The van der Waals surface area contributed by atoms with Crippen molar-refractivity contribution in [3.05, 3.63) is 34.9 Å². The molecule has 1 aromatic carbocycles. The van der Waals surface area contributed by atoms with Crippen molar-refractivity contribution < 1.29 is 9.90 Å². The summed E-state index contributed by atoms with van der Waals surface area (Å²) in [7, 11) is 0. The predicted molar refractivity (Wildman–Crippen MR) is 81.5 cm³/mol. The highest BCUT2D eigenvalue weighted by Crippen LogP contribution is 2.18. The number of benzene rings is 1. The van der Waals surface area contributed by atoms with Gasteiger partial charge in [0.2, 0.25) is 0 Å². The van der Waals surface area contributed by atoms with Gasteiger partial charge in [0.05, 0.1) is 0 Å². The van der Waals surface area contributed by atoms with Gasteiger partial charge in [0.15, 0.2) is 0 Å². The molecule has 0 fully saturated rings. The summed E-state index contributed by atoms with van der Waals surface area (Å²) in [4.78, 5) is 12.2. The molecule has 0 atom stereocenters. The first kappa shape index (κ1) is 16.3. The van der Waals surface area contributed by atoms with Gasteiger partial charge in [-0.15, -0.1) is 0 Å². The maximum atomic E-state index is 12.2. The van der Waals surface area contributed by atoms with Crippen LogP contribution in [0.5, 0.6) is 0 Å². The molecule has 0 saturated heterocycles. The lowest BCUT2D eigenvalue weighted by molar-refractivity contribution is 0.0935. The van der Waals surface area contributed by atoms with E-state index < -0.39 is 0 Å². The molecule has 1 amide bonds. The lowest BCUT2D eigenvalue weighted by Gasteiger charge is -2.23. The zero-order valence-corrected chi connectivity index (χ0v) is 12.7. The van der Waals surface area contributed by atoms with Crippen molar-refractivity contribution in [2.45, 2.75) is 34.1 Å². The highest BCUT2D eigenvalue weighted by molar-refractivity contribution is 5.96. The van der Waals surface area contributed by atoms with Gasteiger partial charge in [-0.1, -0.05) is 38.7 Å². The molecular formula is C17H23NO2. The Morgan fingerprint density at radius 3 is 2.70 bits per heavy atom. The summed E-state index contributed by atoms with van der Waals surface area (Å²) in [6.45, 7) is 8.74. The molecule has 2 N–H and O–H groups in total. The van der Waals surface area contributed by atoms with Crippen LogP contribution in [0, 0.1) is 24.2 Å². The zero-order valence-electron chi connectivity index (χ0n) is 12.7. The van der Waals surface area contributed by atoms with Crippen molar-refractivity contribution in [2.75, 3.05) is 13.2 Å². The lowest BCUT2D eigenvalue weighted by Crippen LogP contribution is -2.34. The average Bonchev–Trinajstić information content (AvgIpc) is 2.44. The zero-order chi connectivity index (χ0) is 15.2. The fraction of sp³-hybridized carbons (Fsp3) is 0.471. The first-order valence-electron chi connectivity index (χ1n) is 6.88. The van der Waals surface area contributed by atoms with Crippen LogP contribution in [-0.2, 0) is 0 Å². The summed E-state index contributed by atoms with van der Waals surface area (Å²) < 4.78 is 0. The second-order valence-corrected chi connectivity index (χ2v) is 5.69. The van der Waals surface area contributed by atoms with Gasteiger partial charge >= 0.3 is 0 Å². The van der Waals surface area contributed by atoms with Gasteiger partial charge in [0.1, 0.15) is 6.61 Å².